The molecule has 2 aliphatic heterocycles. The molecule has 1 N–H and O–H groups in total. The summed E-state index contributed by atoms with van der Waals surface area (Å²) in [5.74, 6) is -0.198. The highest BCUT2D eigenvalue weighted by Crippen LogP contribution is 2.26. The summed E-state index contributed by atoms with van der Waals surface area (Å²) in [6, 6.07) is 1.33. The van der Waals surface area contributed by atoms with Crippen LogP contribution < -0.4 is 5.32 Å². The molecule has 2 rings (SSSR count). The molecule has 2 fully saturated rings. The van der Waals surface area contributed by atoms with Gasteiger partial charge < -0.3 is 15.0 Å². The Morgan fingerprint density at radius 3 is 3.12 bits per heavy atom. The number of nitrogens with zero attached hydrogens (tertiary/aromatic N) is 1. The maximum Gasteiger partial charge on any atom is 0.320 e. The van der Waals surface area contributed by atoms with E-state index in [-0.39, 0.29) is 10.8 Å². The highest BCUT2D eigenvalue weighted by molar-refractivity contribution is 9.10. The number of nitrogens with one attached hydrogen (secondary N) is 1. The average Bonchev–Trinajstić information content (AvgIpc) is 2.82. The van der Waals surface area contributed by atoms with Gasteiger partial charge in [0.2, 0.25) is 0 Å². The largest absolute Gasteiger partial charge is 0.468 e. The molecular weight excluding hydrogens is 284 g/mol. The summed E-state index contributed by atoms with van der Waals surface area (Å²) in [6.07, 6.45) is 5.10. The van der Waals surface area contributed by atoms with Gasteiger partial charge in [-0.05, 0) is 38.8 Å². The third kappa shape index (κ3) is 3.42. The van der Waals surface area contributed by atoms with Crippen LogP contribution in [0.3, 0.4) is 0 Å². The van der Waals surface area contributed by atoms with E-state index in [0.29, 0.717) is 12.6 Å². The van der Waals surface area contributed by atoms with Crippen LogP contribution >= 0.6 is 15.9 Å². The Hall–Kier alpha value is -0.130. The molecule has 4 nitrogen and oxygen atoms in total. The van der Waals surface area contributed by atoms with E-state index < -0.39 is 0 Å². The van der Waals surface area contributed by atoms with Crippen molar-refractivity contribution in [3.63, 3.8) is 0 Å². The lowest BCUT2D eigenvalue weighted by atomic mass is 9.97. The molecule has 0 aliphatic carbocycles. The molecule has 98 valence electrons. The Labute approximate surface area is 111 Å². The molecule has 0 aromatic carbocycles. The van der Waals surface area contributed by atoms with Crippen LogP contribution in [-0.4, -0.2) is 54.5 Å². The van der Waals surface area contributed by atoms with Gasteiger partial charge in [0.05, 0.1) is 7.11 Å². The lowest BCUT2D eigenvalue weighted by molar-refractivity contribution is -0.139. The van der Waals surface area contributed by atoms with Gasteiger partial charge in [-0.3, -0.25) is 4.79 Å². The molecule has 3 unspecified atom stereocenters. The van der Waals surface area contributed by atoms with Gasteiger partial charge in [-0.2, -0.15) is 0 Å². The predicted octanol–water partition coefficient (Wildman–Crippen LogP) is 1.14. The van der Waals surface area contributed by atoms with E-state index in [0.717, 1.165) is 6.04 Å². The van der Waals surface area contributed by atoms with Crippen LogP contribution in [0.25, 0.3) is 0 Å². The Kier molecular flexibility index (Phi) is 4.82. The van der Waals surface area contributed by atoms with Crippen LogP contribution in [0.2, 0.25) is 0 Å². The van der Waals surface area contributed by atoms with Gasteiger partial charge in [-0.1, -0.05) is 15.9 Å². The fourth-order valence-corrected chi connectivity index (χ4v) is 3.26. The van der Waals surface area contributed by atoms with Crippen molar-refractivity contribution in [2.75, 3.05) is 26.7 Å². The first-order valence-electron chi connectivity index (χ1n) is 6.40. The fraction of sp³-hybridized carbons (Fsp3) is 0.917. The normalized spacial score (nSPS) is 30.9. The van der Waals surface area contributed by atoms with Crippen LogP contribution in [0.4, 0.5) is 0 Å². The number of esters is 1. The Morgan fingerprint density at radius 1 is 1.53 bits per heavy atom. The van der Waals surface area contributed by atoms with Gasteiger partial charge in [0, 0.05) is 18.6 Å². The van der Waals surface area contributed by atoms with Crippen LogP contribution in [0.5, 0.6) is 0 Å². The molecular formula is C12H21BrN2O2. The number of hydrogen-bond acceptors (Lipinski definition) is 4. The van der Waals surface area contributed by atoms with E-state index in [1.165, 1.54) is 45.9 Å². The summed E-state index contributed by atoms with van der Waals surface area (Å²) in [5, 5.41) is 3.47. The first-order valence-corrected chi connectivity index (χ1v) is 7.31. The van der Waals surface area contributed by atoms with E-state index in [1.54, 1.807) is 0 Å². The average molecular weight is 305 g/mol. The number of ether oxygens (including phenoxy) is 1. The number of alkyl halides is 1. The minimum atomic E-state index is -0.228. The molecule has 0 aromatic heterocycles. The predicted molar refractivity (Wildman–Crippen MR) is 70.4 cm³/mol. The van der Waals surface area contributed by atoms with Crippen LogP contribution in [0.15, 0.2) is 0 Å². The van der Waals surface area contributed by atoms with Crippen molar-refractivity contribution >= 4 is 21.9 Å². The summed E-state index contributed by atoms with van der Waals surface area (Å²) >= 11 is 3.34. The van der Waals surface area contributed by atoms with E-state index in [9.17, 15) is 4.79 Å². The van der Waals surface area contributed by atoms with Crippen molar-refractivity contribution in [2.24, 2.45) is 0 Å². The molecule has 0 amide bonds. The summed E-state index contributed by atoms with van der Waals surface area (Å²) < 4.78 is 4.69. The van der Waals surface area contributed by atoms with Gasteiger partial charge >= 0.3 is 5.97 Å². The van der Waals surface area contributed by atoms with Crippen LogP contribution in [0.1, 0.15) is 25.7 Å². The highest BCUT2D eigenvalue weighted by Gasteiger charge is 2.31. The maximum absolute atomic E-state index is 11.2. The standard InChI is InChI=1S/C12H21BrN2O2/c1-17-12(16)11(13)8-14-9-4-6-15-5-2-3-10(15)7-9/h9-11,14H,2-8H2,1H3. The van der Waals surface area contributed by atoms with Crippen LogP contribution in [0, 0.1) is 0 Å². The molecule has 5 heteroatoms. The lowest BCUT2D eigenvalue weighted by Gasteiger charge is -2.35. The second-order valence-electron chi connectivity index (χ2n) is 4.95. The van der Waals surface area contributed by atoms with E-state index in [1.807, 2.05) is 0 Å². The van der Waals surface area contributed by atoms with E-state index >= 15 is 0 Å². The molecule has 0 aromatic rings. The molecule has 0 spiro atoms. The molecule has 17 heavy (non-hydrogen) atoms. The van der Waals surface area contributed by atoms with E-state index in [4.69, 9.17) is 0 Å². The molecule has 2 heterocycles. The van der Waals surface area contributed by atoms with Crippen molar-refractivity contribution < 1.29 is 9.53 Å². The Morgan fingerprint density at radius 2 is 2.35 bits per heavy atom. The fourth-order valence-electron chi connectivity index (χ4n) is 2.89. The number of hydrogen-bond donors (Lipinski definition) is 1. The van der Waals surface area contributed by atoms with E-state index in [2.05, 4.69) is 30.9 Å². The second kappa shape index (κ2) is 6.16. The van der Waals surface area contributed by atoms with Crippen molar-refractivity contribution in [3.05, 3.63) is 0 Å². The number of methoxy groups -OCH3 is 1. The number of carbonyl (C=O) groups excluding carboxylic acids is 1. The molecule has 0 saturated carbocycles. The monoisotopic (exact) mass is 304 g/mol. The first-order chi connectivity index (χ1) is 8.20. The second-order valence-corrected chi connectivity index (χ2v) is 6.06. The third-order valence-electron chi connectivity index (χ3n) is 3.86. The lowest BCUT2D eigenvalue weighted by Crippen LogP contribution is -2.47. The summed E-state index contributed by atoms with van der Waals surface area (Å²) in [5.41, 5.74) is 0. The maximum atomic E-state index is 11.2. The SMILES string of the molecule is COC(=O)C(Br)CNC1CCN2CCCC2C1. The Balaban J connectivity index is 1.71. The van der Waals surface area contributed by atoms with Gasteiger partial charge in [-0.15, -0.1) is 0 Å². The minimum Gasteiger partial charge on any atom is -0.468 e. The number of fused-ring (bicyclic) bond motifs is 1. The van der Waals surface area contributed by atoms with Gasteiger partial charge in [0.1, 0.15) is 4.83 Å². The van der Waals surface area contributed by atoms with Gasteiger partial charge in [0.15, 0.2) is 0 Å². The quantitative estimate of drug-likeness (QED) is 0.625. The van der Waals surface area contributed by atoms with Gasteiger partial charge in [0.25, 0.3) is 0 Å². The van der Waals surface area contributed by atoms with Gasteiger partial charge in [-0.25, -0.2) is 0 Å². The van der Waals surface area contributed by atoms with Crippen molar-refractivity contribution in [3.8, 4) is 0 Å². The summed E-state index contributed by atoms with van der Waals surface area (Å²) in [6.45, 7) is 3.14. The minimum absolute atomic E-state index is 0.198. The molecule has 0 radical (unpaired) electrons. The summed E-state index contributed by atoms with van der Waals surface area (Å²) in [4.78, 5) is 13.6. The van der Waals surface area contributed by atoms with Crippen molar-refractivity contribution in [1.29, 1.82) is 0 Å². The number of rotatable bonds is 4. The molecule has 2 saturated heterocycles. The number of halogens is 1. The van der Waals surface area contributed by atoms with Crippen molar-refractivity contribution in [2.45, 2.75) is 42.6 Å². The van der Waals surface area contributed by atoms with Crippen molar-refractivity contribution in [1.82, 2.24) is 10.2 Å². The molecule has 2 aliphatic rings. The summed E-state index contributed by atoms with van der Waals surface area (Å²) in [7, 11) is 1.42. The number of piperidine rings is 1. The highest BCUT2D eigenvalue weighted by atomic mass is 79.9. The zero-order valence-corrected chi connectivity index (χ0v) is 11.9. The first kappa shape index (κ1) is 13.3. The van der Waals surface area contributed by atoms with Crippen LogP contribution in [-0.2, 0) is 9.53 Å². The smallest absolute Gasteiger partial charge is 0.320 e. The molecule has 0 bridgehead atoms. The molecule has 3 atom stereocenters. The third-order valence-corrected chi connectivity index (χ3v) is 4.56. The zero-order chi connectivity index (χ0) is 12.3. The zero-order valence-electron chi connectivity index (χ0n) is 10.3. The Bertz CT molecular complexity index is 275. The topological polar surface area (TPSA) is 41.6 Å². The number of carbonyl (C=O) groups is 1.